The van der Waals surface area contributed by atoms with Crippen LogP contribution in [0.3, 0.4) is 0 Å². The minimum atomic E-state index is -0.198. The maximum Gasteiger partial charge on any atom is 0.409 e. The SMILES string of the molecule is CCC1C(CCN)CCN1C(=O)OC. The lowest BCUT2D eigenvalue weighted by Crippen LogP contribution is -2.37. The number of carbonyl (C=O) groups excluding carboxylic acids is 1. The molecule has 2 unspecified atom stereocenters. The topological polar surface area (TPSA) is 55.6 Å². The Balaban J connectivity index is 2.58. The summed E-state index contributed by atoms with van der Waals surface area (Å²) in [5.74, 6) is 0.559. The van der Waals surface area contributed by atoms with Crippen LogP contribution in [0.5, 0.6) is 0 Å². The molecule has 0 aromatic heterocycles. The first-order chi connectivity index (χ1) is 6.74. The van der Waals surface area contributed by atoms with Gasteiger partial charge in [-0.05, 0) is 31.7 Å². The van der Waals surface area contributed by atoms with Crippen molar-refractivity contribution in [3.63, 3.8) is 0 Å². The summed E-state index contributed by atoms with van der Waals surface area (Å²) in [5, 5.41) is 0. The Kier molecular flexibility index (Phi) is 4.20. The highest BCUT2D eigenvalue weighted by Gasteiger charge is 2.35. The number of hydrogen-bond donors (Lipinski definition) is 1. The van der Waals surface area contributed by atoms with E-state index in [4.69, 9.17) is 10.5 Å². The number of likely N-dealkylation sites (tertiary alicyclic amines) is 1. The van der Waals surface area contributed by atoms with Gasteiger partial charge < -0.3 is 15.4 Å². The predicted molar refractivity (Wildman–Crippen MR) is 55.0 cm³/mol. The zero-order valence-electron chi connectivity index (χ0n) is 9.03. The zero-order chi connectivity index (χ0) is 10.6. The third kappa shape index (κ3) is 2.18. The fraction of sp³-hybridized carbons (Fsp3) is 0.900. The van der Waals surface area contributed by atoms with Crippen LogP contribution < -0.4 is 5.73 Å². The van der Waals surface area contributed by atoms with Crippen LogP contribution in [0.15, 0.2) is 0 Å². The summed E-state index contributed by atoms with van der Waals surface area (Å²) < 4.78 is 4.75. The highest BCUT2D eigenvalue weighted by Crippen LogP contribution is 2.29. The Morgan fingerprint density at radius 3 is 2.86 bits per heavy atom. The van der Waals surface area contributed by atoms with Gasteiger partial charge in [0.1, 0.15) is 0 Å². The minimum absolute atomic E-state index is 0.198. The van der Waals surface area contributed by atoms with Crippen LogP contribution in [-0.2, 0) is 4.74 Å². The highest BCUT2D eigenvalue weighted by atomic mass is 16.5. The summed E-state index contributed by atoms with van der Waals surface area (Å²) in [5.41, 5.74) is 5.54. The van der Waals surface area contributed by atoms with E-state index in [1.54, 1.807) is 0 Å². The van der Waals surface area contributed by atoms with E-state index >= 15 is 0 Å². The van der Waals surface area contributed by atoms with Crippen LogP contribution in [0, 0.1) is 5.92 Å². The molecule has 0 radical (unpaired) electrons. The molecule has 1 aliphatic heterocycles. The molecule has 1 aliphatic rings. The molecule has 14 heavy (non-hydrogen) atoms. The molecule has 4 nitrogen and oxygen atoms in total. The fourth-order valence-corrected chi connectivity index (χ4v) is 2.37. The number of hydrogen-bond acceptors (Lipinski definition) is 3. The van der Waals surface area contributed by atoms with Gasteiger partial charge in [-0.1, -0.05) is 6.92 Å². The van der Waals surface area contributed by atoms with Crippen molar-refractivity contribution >= 4 is 6.09 Å². The van der Waals surface area contributed by atoms with Crippen molar-refractivity contribution in [2.45, 2.75) is 32.2 Å². The maximum absolute atomic E-state index is 11.4. The van der Waals surface area contributed by atoms with E-state index in [1.165, 1.54) is 7.11 Å². The Labute approximate surface area is 85.4 Å². The van der Waals surface area contributed by atoms with Crippen molar-refractivity contribution in [3.05, 3.63) is 0 Å². The first kappa shape index (κ1) is 11.3. The molecule has 2 N–H and O–H groups in total. The van der Waals surface area contributed by atoms with Crippen LogP contribution >= 0.6 is 0 Å². The number of amides is 1. The van der Waals surface area contributed by atoms with Gasteiger partial charge in [-0.3, -0.25) is 0 Å². The fourth-order valence-electron chi connectivity index (χ4n) is 2.37. The molecule has 4 heteroatoms. The molecule has 1 saturated heterocycles. The summed E-state index contributed by atoms with van der Waals surface area (Å²) in [4.78, 5) is 13.2. The second-order valence-corrected chi connectivity index (χ2v) is 3.77. The molecule has 1 amide bonds. The average molecular weight is 200 g/mol. The highest BCUT2D eigenvalue weighted by molar-refractivity contribution is 5.68. The van der Waals surface area contributed by atoms with Crippen molar-refractivity contribution in [2.75, 3.05) is 20.2 Å². The van der Waals surface area contributed by atoms with Gasteiger partial charge in [0.05, 0.1) is 7.11 Å². The smallest absolute Gasteiger partial charge is 0.409 e. The molecule has 1 fully saturated rings. The average Bonchev–Trinajstić information content (AvgIpc) is 2.60. The maximum atomic E-state index is 11.4. The summed E-state index contributed by atoms with van der Waals surface area (Å²) in [7, 11) is 1.44. The molecule has 1 heterocycles. The zero-order valence-corrected chi connectivity index (χ0v) is 9.03. The van der Waals surface area contributed by atoms with Crippen molar-refractivity contribution < 1.29 is 9.53 Å². The lowest BCUT2D eigenvalue weighted by atomic mass is 9.95. The molecular weight excluding hydrogens is 180 g/mol. The lowest BCUT2D eigenvalue weighted by Gasteiger charge is -2.25. The van der Waals surface area contributed by atoms with E-state index in [2.05, 4.69) is 6.92 Å². The summed E-state index contributed by atoms with van der Waals surface area (Å²) >= 11 is 0. The number of ether oxygens (including phenoxy) is 1. The Morgan fingerprint density at radius 1 is 1.64 bits per heavy atom. The van der Waals surface area contributed by atoms with E-state index in [-0.39, 0.29) is 6.09 Å². The molecule has 0 aliphatic carbocycles. The van der Waals surface area contributed by atoms with Gasteiger partial charge in [0.25, 0.3) is 0 Å². The predicted octanol–water partition coefficient (Wildman–Crippen LogP) is 1.20. The molecular formula is C10H20N2O2. The number of carbonyl (C=O) groups is 1. The number of rotatable bonds is 3. The van der Waals surface area contributed by atoms with E-state index in [0.717, 1.165) is 25.8 Å². The van der Waals surface area contributed by atoms with E-state index < -0.39 is 0 Å². The normalized spacial score (nSPS) is 26.6. The van der Waals surface area contributed by atoms with E-state index in [9.17, 15) is 4.79 Å². The van der Waals surface area contributed by atoms with Gasteiger partial charge in [-0.2, -0.15) is 0 Å². The summed E-state index contributed by atoms with van der Waals surface area (Å²) in [6.07, 6.45) is 2.85. The number of nitrogens with zero attached hydrogens (tertiary/aromatic N) is 1. The third-order valence-electron chi connectivity index (χ3n) is 3.05. The molecule has 0 aromatic rings. The van der Waals surface area contributed by atoms with Gasteiger partial charge >= 0.3 is 6.09 Å². The second kappa shape index (κ2) is 5.20. The quantitative estimate of drug-likeness (QED) is 0.744. The second-order valence-electron chi connectivity index (χ2n) is 3.77. The van der Waals surface area contributed by atoms with Crippen LogP contribution in [0.2, 0.25) is 0 Å². The van der Waals surface area contributed by atoms with Crippen LogP contribution in [0.1, 0.15) is 26.2 Å². The van der Waals surface area contributed by atoms with E-state index in [0.29, 0.717) is 18.5 Å². The van der Waals surface area contributed by atoms with Crippen molar-refractivity contribution in [3.8, 4) is 0 Å². The molecule has 1 rings (SSSR count). The molecule has 0 aromatic carbocycles. The Morgan fingerprint density at radius 2 is 2.36 bits per heavy atom. The largest absolute Gasteiger partial charge is 0.453 e. The van der Waals surface area contributed by atoms with Gasteiger partial charge in [-0.15, -0.1) is 0 Å². The van der Waals surface area contributed by atoms with Gasteiger partial charge in [0.2, 0.25) is 0 Å². The van der Waals surface area contributed by atoms with Gasteiger partial charge in [0, 0.05) is 12.6 Å². The first-order valence-electron chi connectivity index (χ1n) is 5.29. The van der Waals surface area contributed by atoms with E-state index in [1.807, 2.05) is 4.90 Å². The Hall–Kier alpha value is -0.770. The van der Waals surface area contributed by atoms with Crippen LogP contribution in [-0.4, -0.2) is 37.2 Å². The standard InChI is InChI=1S/C10H20N2O2/c1-3-9-8(4-6-11)5-7-12(9)10(13)14-2/h8-9H,3-7,11H2,1-2H3. The molecule has 0 saturated carbocycles. The number of methoxy groups -OCH3 is 1. The van der Waals surface area contributed by atoms with Crippen LogP contribution in [0.25, 0.3) is 0 Å². The minimum Gasteiger partial charge on any atom is -0.453 e. The molecule has 2 atom stereocenters. The Bertz CT molecular complexity index is 197. The lowest BCUT2D eigenvalue weighted by molar-refractivity contribution is 0.112. The summed E-state index contributed by atoms with van der Waals surface area (Å²) in [6.45, 7) is 3.63. The van der Waals surface area contributed by atoms with Gasteiger partial charge in [0.15, 0.2) is 0 Å². The van der Waals surface area contributed by atoms with Crippen LogP contribution in [0.4, 0.5) is 4.79 Å². The van der Waals surface area contributed by atoms with Gasteiger partial charge in [-0.25, -0.2) is 4.79 Å². The first-order valence-corrected chi connectivity index (χ1v) is 5.29. The van der Waals surface area contributed by atoms with Crippen molar-refractivity contribution in [1.82, 2.24) is 4.90 Å². The summed E-state index contributed by atoms with van der Waals surface area (Å²) in [6, 6.07) is 0.325. The third-order valence-corrected chi connectivity index (χ3v) is 3.05. The molecule has 0 spiro atoms. The molecule has 0 bridgehead atoms. The number of nitrogens with two attached hydrogens (primary N) is 1. The monoisotopic (exact) mass is 200 g/mol. The van der Waals surface area contributed by atoms with Crippen molar-refractivity contribution in [1.29, 1.82) is 0 Å². The van der Waals surface area contributed by atoms with Crippen molar-refractivity contribution in [2.24, 2.45) is 11.7 Å². The molecule has 82 valence electrons.